The number of nitrogens with two attached hydrogens (primary N) is 1. The van der Waals surface area contributed by atoms with Gasteiger partial charge >= 0.3 is 6.03 Å². The number of hydrogen-bond donors (Lipinski definition) is 1. The normalized spacial score (nSPS) is 21.5. The van der Waals surface area contributed by atoms with Gasteiger partial charge in [0.15, 0.2) is 0 Å². The van der Waals surface area contributed by atoms with Crippen molar-refractivity contribution < 1.29 is 9.59 Å². The Morgan fingerprint density at radius 1 is 1.15 bits per heavy atom. The van der Waals surface area contributed by atoms with E-state index in [4.69, 9.17) is 5.73 Å². The minimum absolute atomic E-state index is 0.0519. The standard InChI is InChI=1S/C21H29N3O2/c1-16-19(13-8-14-20(22)25)23(15-17-9-4-2-5-10-17)21(26)24(16)18-11-6-3-7-12-18/h2,4-5,9-10,18-19H,1,3,6-8,11-15H2,(H2,22,25). The number of benzene rings is 1. The molecule has 1 aliphatic heterocycles. The van der Waals surface area contributed by atoms with Gasteiger partial charge in [0.05, 0.1) is 6.04 Å². The fraction of sp³-hybridized carbons (Fsp3) is 0.524. The van der Waals surface area contributed by atoms with E-state index in [9.17, 15) is 9.59 Å². The summed E-state index contributed by atoms with van der Waals surface area (Å²) in [6.45, 7) is 4.85. The maximum atomic E-state index is 13.2. The highest BCUT2D eigenvalue weighted by molar-refractivity contribution is 5.81. The number of rotatable bonds is 7. The molecular weight excluding hydrogens is 326 g/mol. The van der Waals surface area contributed by atoms with Crippen LogP contribution in [0.4, 0.5) is 4.79 Å². The lowest BCUT2D eigenvalue weighted by molar-refractivity contribution is -0.118. The summed E-state index contributed by atoms with van der Waals surface area (Å²) in [4.78, 5) is 28.2. The molecule has 0 bridgehead atoms. The predicted octanol–water partition coefficient (Wildman–Crippen LogP) is 3.79. The summed E-state index contributed by atoms with van der Waals surface area (Å²) in [5.41, 5.74) is 7.29. The van der Waals surface area contributed by atoms with E-state index < -0.39 is 0 Å². The van der Waals surface area contributed by atoms with E-state index in [-0.39, 0.29) is 24.0 Å². The van der Waals surface area contributed by atoms with Crippen LogP contribution in [0.5, 0.6) is 0 Å². The molecule has 1 heterocycles. The first-order chi connectivity index (χ1) is 12.6. The highest BCUT2D eigenvalue weighted by Crippen LogP contribution is 2.36. The highest BCUT2D eigenvalue weighted by Gasteiger charge is 2.43. The largest absolute Gasteiger partial charge is 0.370 e. The minimum atomic E-state index is -0.293. The Balaban J connectivity index is 1.78. The molecule has 1 unspecified atom stereocenters. The van der Waals surface area contributed by atoms with Crippen molar-refractivity contribution in [2.45, 2.75) is 70.0 Å². The number of nitrogens with zero attached hydrogens (tertiary/aromatic N) is 2. The SMILES string of the molecule is C=C1C(CCCC(N)=O)N(Cc2ccccc2)C(=O)N1C1CCCCC1. The molecule has 1 aromatic rings. The molecule has 26 heavy (non-hydrogen) atoms. The average Bonchev–Trinajstić information content (AvgIpc) is 2.87. The molecular formula is C21H29N3O2. The Hall–Kier alpha value is -2.30. The summed E-state index contributed by atoms with van der Waals surface area (Å²) in [6.07, 6.45) is 7.45. The van der Waals surface area contributed by atoms with Crippen LogP contribution in [0.25, 0.3) is 0 Å². The van der Waals surface area contributed by atoms with Crippen molar-refractivity contribution in [3.63, 3.8) is 0 Å². The molecule has 0 radical (unpaired) electrons. The molecule has 2 fully saturated rings. The lowest BCUT2D eigenvalue weighted by Gasteiger charge is -2.31. The Labute approximate surface area is 155 Å². The number of urea groups is 1. The Morgan fingerprint density at radius 2 is 1.85 bits per heavy atom. The fourth-order valence-electron chi connectivity index (χ4n) is 4.21. The van der Waals surface area contributed by atoms with Gasteiger partial charge < -0.3 is 10.6 Å². The molecule has 5 nitrogen and oxygen atoms in total. The number of hydrogen-bond acceptors (Lipinski definition) is 2. The van der Waals surface area contributed by atoms with Gasteiger partial charge in [-0.05, 0) is 31.2 Å². The summed E-state index contributed by atoms with van der Waals surface area (Å²) in [5, 5.41) is 0. The third-order valence-corrected chi connectivity index (χ3v) is 5.56. The third-order valence-electron chi connectivity index (χ3n) is 5.56. The highest BCUT2D eigenvalue weighted by atomic mass is 16.2. The quantitative estimate of drug-likeness (QED) is 0.808. The zero-order chi connectivity index (χ0) is 18.5. The van der Waals surface area contributed by atoms with Gasteiger partial charge in [0.25, 0.3) is 0 Å². The minimum Gasteiger partial charge on any atom is -0.370 e. The van der Waals surface area contributed by atoms with Gasteiger partial charge in [-0.15, -0.1) is 0 Å². The molecule has 3 rings (SSSR count). The third kappa shape index (κ3) is 4.09. The van der Waals surface area contributed by atoms with Crippen LogP contribution in [0.1, 0.15) is 56.9 Å². The van der Waals surface area contributed by atoms with Gasteiger partial charge in [-0.1, -0.05) is 56.2 Å². The van der Waals surface area contributed by atoms with Gasteiger partial charge in [-0.3, -0.25) is 9.69 Å². The summed E-state index contributed by atoms with van der Waals surface area (Å²) >= 11 is 0. The molecule has 1 atom stereocenters. The van der Waals surface area contributed by atoms with Crippen molar-refractivity contribution in [1.82, 2.24) is 9.80 Å². The molecule has 1 saturated carbocycles. The first kappa shape index (κ1) is 18.5. The second-order valence-electron chi connectivity index (χ2n) is 7.42. The van der Waals surface area contributed by atoms with Crippen LogP contribution < -0.4 is 5.73 Å². The van der Waals surface area contributed by atoms with Crippen molar-refractivity contribution in [2.75, 3.05) is 0 Å². The zero-order valence-corrected chi connectivity index (χ0v) is 15.4. The van der Waals surface area contributed by atoms with Crippen LogP contribution in [0.3, 0.4) is 0 Å². The first-order valence-electron chi connectivity index (χ1n) is 9.69. The van der Waals surface area contributed by atoms with Crippen molar-refractivity contribution in [3.8, 4) is 0 Å². The van der Waals surface area contributed by atoms with Gasteiger partial charge in [0.1, 0.15) is 0 Å². The van der Waals surface area contributed by atoms with Gasteiger partial charge in [-0.2, -0.15) is 0 Å². The van der Waals surface area contributed by atoms with Gasteiger partial charge in [0.2, 0.25) is 5.91 Å². The van der Waals surface area contributed by atoms with Crippen LogP contribution in [0.2, 0.25) is 0 Å². The molecule has 2 N–H and O–H groups in total. The van der Waals surface area contributed by atoms with E-state index in [1.54, 1.807) is 0 Å². The Bertz CT molecular complexity index is 652. The molecule has 5 heteroatoms. The van der Waals surface area contributed by atoms with Crippen molar-refractivity contribution in [2.24, 2.45) is 5.73 Å². The molecule has 3 amide bonds. The summed E-state index contributed by atoms with van der Waals surface area (Å²) in [5.74, 6) is -0.293. The van der Waals surface area contributed by atoms with Crippen LogP contribution in [0.15, 0.2) is 42.6 Å². The second-order valence-corrected chi connectivity index (χ2v) is 7.42. The number of carbonyl (C=O) groups is 2. The lowest BCUT2D eigenvalue weighted by Crippen LogP contribution is -2.39. The van der Waals surface area contributed by atoms with Gasteiger partial charge in [0, 0.05) is 24.7 Å². The molecule has 0 aromatic heterocycles. The van der Waals surface area contributed by atoms with E-state index in [1.807, 2.05) is 40.1 Å². The van der Waals surface area contributed by atoms with Crippen LogP contribution in [0, 0.1) is 0 Å². The van der Waals surface area contributed by atoms with Crippen molar-refractivity contribution in [1.29, 1.82) is 0 Å². The monoisotopic (exact) mass is 355 g/mol. The van der Waals surface area contributed by atoms with Crippen molar-refractivity contribution in [3.05, 3.63) is 48.2 Å². The number of carbonyl (C=O) groups excluding carboxylic acids is 2. The van der Waals surface area contributed by atoms with Crippen LogP contribution in [-0.2, 0) is 11.3 Å². The van der Waals surface area contributed by atoms with Crippen molar-refractivity contribution >= 4 is 11.9 Å². The van der Waals surface area contributed by atoms with E-state index in [0.29, 0.717) is 19.4 Å². The maximum absolute atomic E-state index is 13.2. The topological polar surface area (TPSA) is 66.6 Å². The molecule has 1 saturated heterocycles. The molecule has 1 aliphatic carbocycles. The van der Waals surface area contributed by atoms with Crippen LogP contribution >= 0.6 is 0 Å². The summed E-state index contributed by atoms with van der Waals surface area (Å²) in [6, 6.07) is 10.3. The second kappa shape index (κ2) is 8.39. The first-order valence-corrected chi connectivity index (χ1v) is 9.69. The zero-order valence-electron chi connectivity index (χ0n) is 15.4. The van der Waals surface area contributed by atoms with E-state index in [2.05, 4.69) is 6.58 Å². The predicted molar refractivity (Wildman–Crippen MR) is 102 cm³/mol. The maximum Gasteiger partial charge on any atom is 0.325 e. The molecule has 2 aliphatic rings. The van der Waals surface area contributed by atoms with E-state index >= 15 is 0 Å². The molecule has 140 valence electrons. The van der Waals surface area contributed by atoms with E-state index in [0.717, 1.165) is 30.5 Å². The number of primary amides is 1. The van der Waals surface area contributed by atoms with Crippen LogP contribution in [-0.4, -0.2) is 33.8 Å². The Kier molecular flexibility index (Phi) is 5.96. The summed E-state index contributed by atoms with van der Waals surface area (Å²) in [7, 11) is 0. The lowest BCUT2D eigenvalue weighted by atomic mass is 9.94. The summed E-state index contributed by atoms with van der Waals surface area (Å²) < 4.78 is 0. The smallest absolute Gasteiger partial charge is 0.325 e. The number of amides is 3. The fourth-order valence-corrected chi connectivity index (χ4v) is 4.21. The van der Waals surface area contributed by atoms with E-state index in [1.165, 1.54) is 19.3 Å². The average molecular weight is 355 g/mol. The molecule has 0 spiro atoms. The Morgan fingerprint density at radius 3 is 2.50 bits per heavy atom. The van der Waals surface area contributed by atoms with Gasteiger partial charge in [-0.25, -0.2) is 4.79 Å². The molecule has 1 aromatic carbocycles.